The maximum atomic E-state index is 4.11. The highest BCUT2D eigenvalue weighted by Gasteiger charge is 2.08. The summed E-state index contributed by atoms with van der Waals surface area (Å²) in [5.41, 5.74) is 0. The lowest BCUT2D eigenvalue weighted by Gasteiger charge is -2.03. The van der Waals surface area contributed by atoms with Crippen molar-refractivity contribution in [1.29, 1.82) is 0 Å². The van der Waals surface area contributed by atoms with Crippen molar-refractivity contribution in [2.75, 3.05) is 19.0 Å². The fraction of sp³-hybridized carbons (Fsp3) is 0.500. The average Bonchev–Trinajstić information content (AvgIpc) is 2.83. The summed E-state index contributed by atoms with van der Waals surface area (Å²) >= 11 is 4.86. The van der Waals surface area contributed by atoms with Crippen molar-refractivity contribution in [1.82, 2.24) is 20.4 Å². The third kappa shape index (κ3) is 2.89. The van der Waals surface area contributed by atoms with Crippen molar-refractivity contribution >= 4 is 39.6 Å². The normalized spacial score (nSPS) is 10.7. The molecule has 0 atom stereocenters. The molecular formula is C8H11N5S3. The quantitative estimate of drug-likeness (QED) is 0.795. The van der Waals surface area contributed by atoms with E-state index in [2.05, 4.69) is 20.4 Å². The van der Waals surface area contributed by atoms with Crippen LogP contribution in [-0.4, -0.2) is 34.5 Å². The topological polar surface area (TPSA) is 54.8 Å². The zero-order chi connectivity index (χ0) is 11.5. The van der Waals surface area contributed by atoms with Gasteiger partial charge in [0.1, 0.15) is 10.0 Å². The first-order valence-corrected chi connectivity index (χ1v) is 7.19. The molecule has 0 N–H and O–H groups in total. The number of hydrogen-bond acceptors (Lipinski definition) is 8. The Morgan fingerprint density at radius 2 is 1.94 bits per heavy atom. The number of hydrogen-bond donors (Lipinski definition) is 0. The van der Waals surface area contributed by atoms with Crippen LogP contribution in [0.5, 0.6) is 0 Å². The predicted octanol–water partition coefficient (Wildman–Crippen LogP) is 2.06. The first kappa shape index (κ1) is 11.7. The van der Waals surface area contributed by atoms with Crippen LogP contribution >= 0.6 is 34.4 Å². The predicted molar refractivity (Wildman–Crippen MR) is 68.4 cm³/mol. The largest absolute Gasteiger partial charge is 0.353 e. The van der Waals surface area contributed by atoms with E-state index in [0.717, 1.165) is 25.2 Å². The van der Waals surface area contributed by atoms with Crippen molar-refractivity contribution in [3.05, 3.63) is 10.0 Å². The third-order valence-electron chi connectivity index (χ3n) is 1.67. The van der Waals surface area contributed by atoms with Gasteiger partial charge in [-0.2, -0.15) is 0 Å². The summed E-state index contributed by atoms with van der Waals surface area (Å²) in [6.07, 6.45) is 0. The highest BCUT2D eigenvalue weighted by atomic mass is 32.2. The van der Waals surface area contributed by atoms with Crippen LogP contribution in [0, 0.1) is 6.92 Å². The van der Waals surface area contributed by atoms with Gasteiger partial charge in [0.05, 0.1) is 5.75 Å². The summed E-state index contributed by atoms with van der Waals surface area (Å²) in [6.45, 7) is 1.96. The van der Waals surface area contributed by atoms with E-state index in [1.165, 1.54) is 0 Å². The first-order valence-electron chi connectivity index (χ1n) is 4.58. The Labute approximate surface area is 106 Å². The van der Waals surface area contributed by atoms with Gasteiger partial charge < -0.3 is 4.90 Å². The highest BCUT2D eigenvalue weighted by molar-refractivity contribution is 8.00. The molecule has 2 aromatic rings. The Bertz CT molecular complexity index is 464. The van der Waals surface area contributed by atoms with Gasteiger partial charge in [0.25, 0.3) is 0 Å². The van der Waals surface area contributed by atoms with E-state index in [9.17, 15) is 0 Å². The van der Waals surface area contributed by atoms with Gasteiger partial charge in [0.2, 0.25) is 5.13 Å². The SMILES string of the molecule is Cc1nnc(CSc2nnc(N(C)C)s2)s1. The second kappa shape index (κ2) is 5.07. The van der Waals surface area contributed by atoms with E-state index in [0.29, 0.717) is 0 Å². The van der Waals surface area contributed by atoms with Crippen LogP contribution in [0.2, 0.25) is 0 Å². The molecule has 0 aliphatic carbocycles. The molecule has 0 fully saturated rings. The van der Waals surface area contributed by atoms with Crippen molar-refractivity contribution in [2.45, 2.75) is 17.0 Å². The summed E-state index contributed by atoms with van der Waals surface area (Å²) in [7, 11) is 3.92. The Hall–Kier alpha value is -0.730. The lowest BCUT2D eigenvalue weighted by molar-refractivity contribution is 0.970. The molecule has 5 nitrogen and oxygen atoms in total. The number of thioether (sulfide) groups is 1. The maximum absolute atomic E-state index is 4.11. The van der Waals surface area contributed by atoms with Gasteiger partial charge in [-0.15, -0.1) is 31.7 Å². The van der Waals surface area contributed by atoms with Crippen LogP contribution in [0.3, 0.4) is 0 Å². The van der Waals surface area contributed by atoms with Crippen molar-refractivity contribution in [3.63, 3.8) is 0 Å². The van der Waals surface area contributed by atoms with Gasteiger partial charge in [-0.05, 0) is 6.92 Å². The summed E-state index contributed by atoms with van der Waals surface area (Å²) in [5.74, 6) is 0.813. The second-order valence-electron chi connectivity index (χ2n) is 3.25. The van der Waals surface area contributed by atoms with E-state index in [1.807, 2.05) is 25.9 Å². The van der Waals surface area contributed by atoms with E-state index in [-0.39, 0.29) is 0 Å². The lowest BCUT2D eigenvalue weighted by atomic mass is 10.8. The van der Waals surface area contributed by atoms with Gasteiger partial charge in [0.15, 0.2) is 4.34 Å². The first-order chi connectivity index (χ1) is 7.65. The van der Waals surface area contributed by atoms with E-state index in [1.54, 1.807) is 34.4 Å². The van der Waals surface area contributed by atoms with Gasteiger partial charge in [0, 0.05) is 14.1 Å². The van der Waals surface area contributed by atoms with Crippen molar-refractivity contribution in [2.24, 2.45) is 0 Å². The minimum atomic E-state index is 0.813. The zero-order valence-corrected chi connectivity index (χ0v) is 11.6. The fourth-order valence-electron chi connectivity index (χ4n) is 0.961. The molecule has 0 spiro atoms. The molecule has 0 aliphatic rings. The molecule has 86 valence electrons. The molecule has 2 aromatic heterocycles. The molecule has 0 aliphatic heterocycles. The molecule has 0 radical (unpaired) electrons. The Morgan fingerprint density at radius 3 is 2.50 bits per heavy atom. The molecule has 0 bridgehead atoms. The van der Waals surface area contributed by atoms with Crippen molar-refractivity contribution in [3.8, 4) is 0 Å². The minimum Gasteiger partial charge on any atom is -0.353 e. The van der Waals surface area contributed by atoms with Gasteiger partial charge in [-0.1, -0.05) is 23.1 Å². The fourth-order valence-corrected chi connectivity index (χ4v) is 3.42. The molecule has 0 unspecified atom stereocenters. The van der Waals surface area contributed by atoms with Gasteiger partial charge in [-0.25, -0.2) is 0 Å². The molecule has 2 rings (SSSR count). The van der Waals surface area contributed by atoms with Crippen molar-refractivity contribution < 1.29 is 0 Å². The summed E-state index contributed by atoms with van der Waals surface area (Å²) in [4.78, 5) is 1.96. The van der Waals surface area contributed by atoms with Crippen LogP contribution in [0.15, 0.2) is 4.34 Å². The molecule has 8 heteroatoms. The average molecular weight is 273 g/mol. The molecule has 0 amide bonds. The van der Waals surface area contributed by atoms with Crippen LogP contribution < -0.4 is 4.90 Å². The highest BCUT2D eigenvalue weighted by Crippen LogP contribution is 2.29. The summed E-state index contributed by atoms with van der Waals surface area (Å²) in [6, 6.07) is 0. The van der Waals surface area contributed by atoms with Gasteiger partial charge in [-0.3, -0.25) is 0 Å². The zero-order valence-electron chi connectivity index (χ0n) is 9.17. The Balaban J connectivity index is 1.94. The van der Waals surface area contributed by atoms with Gasteiger partial charge >= 0.3 is 0 Å². The van der Waals surface area contributed by atoms with E-state index in [4.69, 9.17) is 0 Å². The second-order valence-corrected chi connectivity index (χ2v) is 6.69. The van der Waals surface area contributed by atoms with Crippen LogP contribution in [0.4, 0.5) is 5.13 Å². The minimum absolute atomic E-state index is 0.813. The van der Waals surface area contributed by atoms with E-state index < -0.39 is 0 Å². The van der Waals surface area contributed by atoms with Crippen LogP contribution in [0.1, 0.15) is 10.0 Å². The monoisotopic (exact) mass is 273 g/mol. The molecule has 2 heterocycles. The number of aryl methyl sites for hydroxylation is 1. The third-order valence-corrected chi connectivity index (χ3v) is 4.92. The smallest absolute Gasteiger partial charge is 0.208 e. The molecule has 0 saturated carbocycles. The number of aromatic nitrogens is 4. The summed E-state index contributed by atoms with van der Waals surface area (Å²) < 4.78 is 0.969. The van der Waals surface area contributed by atoms with Crippen LogP contribution in [-0.2, 0) is 5.75 Å². The van der Waals surface area contributed by atoms with E-state index >= 15 is 0 Å². The number of nitrogens with zero attached hydrogens (tertiary/aromatic N) is 5. The Kier molecular flexibility index (Phi) is 3.72. The van der Waals surface area contributed by atoms with Crippen LogP contribution in [0.25, 0.3) is 0 Å². The number of rotatable bonds is 4. The summed E-state index contributed by atoms with van der Waals surface area (Å²) in [5, 5.41) is 19.2. The Morgan fingerprint density at radius 1 is 1.12 bits per heavy atom. The maximum Gasteiger partial charge on any atom is 0.208 e. The number of anilines is 1. The molecule has 0 aromatic carbocycles. The molecule has 16 heavy (non-hydrogen) atoms. The standard InChI is InChI=1S/C8H11N5S3/c1-5-9-10-6(15-5)4-14-8-12-11-7(16-8)13(2)3/h4H2,1-3H3. The lowest BCUT2D eigenvalue weighted by Crippen LogP contribution is -2.07. The molecular weight excluding hydrogens is 262 g/mol. The molecule has 0 saturated heterocycles.